The van der Waals surface area contributed by atoms with E-state index in [1.807, 2.05) is 67.6 Å². The highest BCUT2D eigenvalue weighted by molar-refractivity contribution is 6.33. The molecule has 0 unspecified atom stereocenters. The molecule has 0 spiro atoms. The zero-order chi connectivity index (χ0) is 22.5. The average Bonchev–Trinajstić information content (AvgIpc) is 3.14. The monoisotopic (exact) mass is 465 g/mol. The second kappa shape index (κ2) is 9.90. The summed E-state index contributed by atoms with van der Waals surface area (Å²) in [7, 11) is 0. The number of nitrogens with zero attached hydrogens (tertiary/aromatic N) is 2. The third kappa shape index (κ3) is 5.49. The van der Waals surface area contributed by atoms with Crippen molar-refractivity contribution in [3.05, 3.63) is 111 Å². The molecule has 0 bridgehead atoms. The van der Waals surface area contributed by atoms with Crippen molar-refractivity contribution < 1.29 is 9.53 Å². The van der Waals surface area contributed by atoms with Gasteiger partial charge in [-0.05, 0) is 53.9 Å². The molecule has 0 fully saturated rings. The number of nitrogens with one attached hydrogen (secondary N) is 1. The Hall–Kier alpha value is -3.28. The van der Waals surface area contributed by atoms with Gasteiger partial charge in [0.15, 0.2) is 5.82 Å². The predicted molar refractivity (Wildman–Crippen MR) is 128 cm³/mol. The number of rotatable bonds is 7. The minimum absolute atomic E-state index is 0.280. The number of aromatic nitrogens is 2. The SMILES string of the molecule is Cc1cc(OCc2ccc(C(=O)Nc3nn(Cc4ccccc4)cc3Cl)cc2)ccc1Cl. The fourth-order valence-corrected chi connectivity index (χ4v) is 3.45. The largest absolute Gasteiger partial charge is 0.489 e. The quantitative estimate of drug-likeness (QED) is 0.344. The van der Waals surface area contributed by atoms with E-state index in [-0.39, 0.29) is 5.91 Å². The first-order valence-corrected chi connectivity index (χ1v) is 10.8. The van der Waals surface area contributed by atoms with Crippen molar-refractivity contribution in [2.75, 3.05) is 5.32 Å². The van der Waals surface area contributed by atoms with E-state index in [4.69, 9.17) is 27.9 Å². The van der Waals surface area contributed by atoms with E-state index in [0.717, 1.165) is 22.4 Å². The number of hydrogen-bond acceptors (Lipinski definition) is 3. The number of ether oxygens (including phenoxy) is 1. The summed E-state index contributed by atoms with van der Waals surface area (Å²) < 4.78 is 7.50. The van der Waals surface area contributed by atoms with Gasteiger partial charge in [0, 0.05) is 16.8 Å². The molecule has 1 N–H and O–H groups in total. The highest BCUT2D eigenvalue weighted by Gasteiger charge is 2.13. The molecule has 5 nitrogen and oxygen atoms in total. The van der Waals surface area contributed by atoms with Crippen LogP contribution in [-0.4, -0.2) is 15.7 Å². The van der Waals surface area contributed by atoms with Crippen LogP contribution in [0.15, 0.2) is 79.0 Å². The third-order valence-electron chi connectivity index (χ3n) is 4.89. The van der Waals surface area contributed by atoms with Crippen LogP contribution >= 0.6 is 23.2 Å². The molecule has 162 valence electrons. The third-order valence-corrected chi connectivity index (χ3v) is 5.59. The Bertz CT molecular complexity index is 1220. The lowest BCUT2D eigenvalue weighted by Crippen LogP contribution is -2.13. The first-order valence-electron chi connectivity index (χ1n) is 10.0. The van der Waals surface area contributed by atoms with Crippen LogP contribution in [0.3, 0.4) is 0 Å². The van der Waals surface area contributed by atoms with E-state index < -0.39 is 0 Å². The Labute approximate surface area is 196 Å². The number of aryl methyl sites for hydroxylation is 1. The standard InChI is InChI=1S/C25H21Cl2N3O2/c1-17-13-21(11-12-22(17)26)32-16-19-7-9-20(10-8-19)25(31)28-24-23(27)15-30(29-24)14-18-5-3-2-4-6-18/h2-13,15H,14,16H2,1H3,(H,28,29,31). The second-order valence-corrected chi connectivity index (χ2v) is 8.17. The molecule has 0 radical (unpaired) electrons. The van der Waals surface area contributed by atoms with Crippen molar-refractivity contribution in [1.82, 2.24) is 9.78 Å². The van der Waals surface area contributed by atoms with E-state index in [1.165, 1.54) is 0 Å². The maximum Gasteiger partial charge on any atom is 0.256 e. The van der Waals surface area contributed by atoms with Crippen LogP contribution in [0.5, 0.6) is 5.75 Å². The minimum Gasteiger partial charge on any atom is -0.489 e. The summed E-state index contributed by atoms with van der Waals surface area (Å²) in [5.74, 6) is 0.797. The number of halogens is 2. The van der Waals surface area contributed by atoms with Crippen molar-refractivity contribution in [2.45, 2.75) is 20.1 Å². The summed E-state index contributed by atoms with van der Waals surface area (Å²) in [6.07, 6.45) is 1.70. The van der Waals surface area contributed by atoms with Crippen LogP contribution in [-0.2, 0) is 13.2 Å². The number of hydrogen-bond donors (Lipinski definition) is 1. The maximum atomic E-state index is 12.6. The second-order valence-electron chi connectivity index (χ2n) is 7.36. The molecule has 1 heterocycles. The molecule has 3 aromatic carbocycles. The van der Waals surface area contributed by atoms with Gasteiger partial charge in [-0.3, -0.25) is 9.48 Å². The molecule has 0 aliphatic carbocycles. The van der Waals surface area contributed by atoms with Gasteiger partial charge in [-0.15, -0.1) is 0 Å². The molecule has 4 aromatic rings. The highest BCUT2D eigenvalue weighted by Crippen LogP contribution is 2.23. The summed E-state index contributed by atoms with van der Waals surface area (Å²) >= 11 is 12.3. The van der Waals surface area contributed by atoms with Crippen LogP contribution in [0, 0.1) is 6.92 Å². The normalized spacial score (nSPS) is 10.7. The predicted octanol–water partition coefficient (Wildman–Crippen LogP) is 6.38. The van der Waals surface area contributed by atoms with Crippen molar-refractivity contribution in [1.29, 1.82) is 0 Å². The molecule has 0 atom stereocenters. The van der Waals surface area contributed by atoms with Gasteiger partial charge in [0.25, 0.3) is 5.91 Å². The van der Waals surface area contributed by atoms with Gasteiger partial charge in [0.1, 0.15) is 17.4 Å². The zero-order valence-electron chi connectivity index (χ0n) is 17.4. The minimum atomic E-state index is -0.280. The van der Waals surface area contributed by atoms with Gasteiger partial charge in [-0.2, -0.15) is 5.10 Å². The molecule has 0 aliphatic rings. The van der Waals surface area contributed by atoms with Gasteiger partial charge < -0.3 is 10.1 Å². The van der Waals surface area contributed by atoms with Crippen molar-refractivity contribution in [3.8, 4) is 5.75 Å². The summed E-state index contributed by atoms with van der Waals surface area (Å²) in [5, 5.41) is 8.26. The van der Waals surface area contributed by atoms with Gasteiger partial charge in [0.2, 0.25) is 0 Å². The van der Waals surface area contributed by atoms with Gasteiger partial charge in [0.05, 0.1) is 6.54 Å². The van der Waals surface area contributed by atoms with E-state index >= 15 is 0 Å². The summed E-state index contributed by atoms with van der Waals surface area (Å²) in [5.41, 5.74) is 3.50. The van der Waals surface area contributed by atoms with E-state index in [1.54, 1.807) is 23.0 Å². The molecule has 1 aromatic heterocycles. The smallest absolute Gasteiger partial charge is 0.256 e. The van der Waals surface area contributed by atoms with E-state index in [9.17, 15) is 4.79 Å². The molecule has 0 saturated carbocycles. The molecular weight excluding hydrogens is 445 g/mol. The molecular formula is C25H21Cl2N3O2. The van der Waals surface area contributed by atoms with E-state index in [0.29, 0.717) is 34.6 Å². The first kappa shape index (κ1) is 21.9. The van der Waals surface area contributed by atoms with Crippen LogP contribution in [0.4, 0.5) is 5.82 Å². The van der Waals surface area contributed by atoms with Crippen molar-refractivity contribution in [3.63, 3.8) is 0 Å². The number of carbonyl (C=O) groups excluding carboxylic acids is 1. The van der Waals surface area contributed by atoms with Crippen LogP contribution in [0.1, 0.15) is 27.0 Å². The molecule has 0 saturated heterocycles. The summed E-state index contributed by atoms with van der Waals surface area (Å²) in [6.45, 7) is 2.89. The molecule has 32 heavy (non-hydrogen) atoms. The van der Waals surface area contributed by atoms with Crippen molar-refractivity contribution in [2.24, 2.45) is 0 Å². The van der Waals surface area contributed by atoms with Crippen LogP contribution < -0.4 is 10.1 Å². The van der Waals surface area contributed by atoms with Crippen molar-refractivity contribution >= 4 is 34.9 Å². The van der Waals surface area contributed by atoms with Gasteiger partial charge in [-0.25, -0.2) is 0 Å². The maximum absolute atomic E-state index is 12.6. The number of carbonyl (C=O) groups is 1. The molecule has 7 heteroatoms. The lowest BCUT2D eigenvalue weighted by molar-refractivity contribution is 0.102. The topological polar surface area (TPSA) is 56.1 Å². The molecule has 1 amide bonds. The number of benzene rings is 3. The number of anilines is 1. The van der Waals surface area contributed by atoms with Crippen LogP contribution in [0.2, 0.25) is 10.0 Å². The highest BCUT2D eigenvalue weighted by atomic mass is 35.5. The Morgan fingerprint density at radius 2 is 1.72 bits per heavy atom. The summed E-state index contributed by atoms with van der Waals surface area (Å²) in [4.78, 5) is 12.6. The first-order chi connectivity index (χ1) is 15.5. The zero-order valence-corrected chi connectivity index (χ0v) is 18.9. The Balaban J connectivity index is 1.36. The number of amides is 1. The molecule has 0 aliphatic heterocycles. The summed E-state index contributed by atoms with van der Waals surface area (Å²) in [6, 6.07) is 22.6. The molecule has 4 rings (SSSR count). The van der Waals surface area contributed by atoms with E-state index in [2.05, 4.69) is 10.4 Å². The Morgan fingerprint density at radius 3 is 2.44 bits per heavy atom. The van der Waals surface area contributed by atoms with Crippen LogP contribution in [0.25, 0.3) is 0 Å². The Morgan fingerprint density at radius 1 is 0.969 bits per heavy atom. The average molecular weight is 466 g/mol. The fraction of sp³-hybridized carbons (Fsp3) is 0.120. The Kier molecular flexibility index (Phi) is 6.78. The lowest BCUT2D eigenvalue weighted by atomic mass is 10.1. The van der Waals surface area contributed by atoms with Gasteiger partial charge >= 0.3 is 0 Å². The lowest BCUT2D eigenvalue weighted by Gasteiger charge is -2.09. The fourth-order valence-electron chi connectivity index (χ4n) is 3.14. The van der Waals surface area contributed by atoms with Gasteiger partial charge in [-0.1, -0.05) is 65.7 Å².